The molecule has 0 unspecified atom stereocenters. The van der Waals surface area contributed by atoms with E-state index in [-0.39, 0.29) is 6.10 Å². The van der Waals surface area contributed by atoms with E-state index < -0.39 is 0 Å². The number of aliphatic hydroxyl groups excluding tert-OH is 1. The van der Waals surface area contributed by atoms with Crippen molar-refractivity contribution in [1.82, 2.24) is 4.90 Å². The van der Waals surface area contributed by atoms with Gasteiger partial charge in [0.25, 0.3) is 0 Å². The maximum Gasteiger partial charge on any atom is 0.0541 e. The molecule has 2 aliphatic rings. The van der Waals surface area contributed by atoms with Crippen LogP contribution in [0.4, 0.5) is 0 Å². The molecule has 1 aromatic rings. The van der Waals surface area contributed by atoms with Crippen LogP contribution in [0.25, 0.3) is 0 Å². The number of benzene rings is 1. The second kappa shape index (κ2) is 6.73. The smallest absolute Gasteiger partial charge is 0.0541 e. The molecule has 1 aliphatic carbocycles. The predicted octanol–water partition coefficient (Wildman–Crippen LogP) is 3.24. The minimum atomic E-state index is -0.0260. The molecule has 1 saturated heterocycles. The zero-order valence-electron chi connectivity index (χ0n) is 12.4. The molecule has 2 nitrogen and oxygen atoms in total. The molecule has 1 N–H and O–H groups in total. The summed E-state index contributed by atoms with van der Waals surface area (Å²) in [5.74, 6) is 0.864. The van der Waals surface area contributed by atoms with E-state index >= 15 is 0 Å². The molecule has 2 fully saturated rings. The molecule has 0 radical (unpaired) electrons. The minimum absolute atomic E-state index is 0.0260. The van der Waals surface area contributed by atoms with Crippen LogP contribution >= 0.6 is 0 Å². The molecule has 1 saturated carbocycles. The molecule has 1 aliphatic heterocycles. The highest BCUT2D eigenvalue weighted by atomic mass is 16.3. The molecule has 110 valence electrons. The summed E-state index contributed by atoms with van der Waals surface area (Å²) in [7, 11) is 0. The Kier molecular flexibility index (Phi) is 4.74. The van der Waals surface area contributed by atoms with E-state index in [2.05, 4.69) is 35.2 Å². The molecule has 0 aromatic heterocycles. The van der Waals surface area contributed by atoms with Gasteiger partial charge in [-0.1, -0.05) is 30.3 Å². The molecule has 3 rings (SSSR count). The van der Waals surface area contributed by atoms with Crippen molar-refractivity contribution in [2.45, 2.75) is 57.1 Å². The predicted molar refractivity (Wildman–Crippen MR) is 82.7 cm³/mol. The Labute approximate surface area is 122 Å². The van der Waals surface area contributed by atoms with Crippen LogP contribution in [0.15, 0.2) is 30.3 Å². The van der Waals surface area contributed by atoms with Crippen molar-refractivity contribution >= 4 is 0 Å². The first-order chi connectivity index (χ1) is 9.81. The highest BCUT2D eigenvalue weighted by Crippen LogP contribution is 2.28. The Morgan fingerprint density at radius 1 is 0.900 bits per heavy atom. The fourth-order valence-electron chi connectivity index (χ4n) is 3.89. The third-order valence-corrected chi connectivity index (χ3v) is 5.20. The summed E-state index contributed by atoms with van der Waals surface area (Å²) in [5, 5.41) is 9.61. The summed E-state index contributed by atoms with van der Waals surface area (Å²) >= 11 is 0. The van der Waals surface area contributed by atoms with Gasteiger partial charge in [-0.3, -0.25) is 0 Å². The van der Waals surface area contributed by atoms with E-state index in [1.165, 1.54) is 50.8 Å². The van der Waals surface area contributed by atoms with Gasteiger partial charge in [-0.15, -0.1) is 0 Å². The molecular formula is C18H27NO. The van der Waals surface area contributed by atoms with E-state index in [4.69, 9.17) is 0 Å². The standard InChI is InChI=1S/C18H27NO/c20-18-8-6-17(7-9-18)19-12-10-16(11-13-19)14-15-4-2-1-3-5-15/h1-5,16-18,20H,6-14H2. The summed E-state index contributed by atoms with van der Waals surface area (Å²) < 4.78 is 0. The summed E-state index contributed by atoms with van der Waals surface area (Å²) in [6.07, 6.45) is 8.32. The second-order valence-electron chi connectivity index (χ2n) is 6.63. The first-order valence-electron chi connectivity index (χ1n) is 8.27. The van der Waals surface area contributed by atoms with E-state index in [9.17, 15) is 5.11 Å². The van der Waals surface area contributed by atoms with Crippen molar-refractivity contribution in [3.05, 3.63) is 35.9 Å². The van der Waals surface area contributed by atoms with Crippen LogP contribution in [0, 0.1) is 5.92 Å². The van der Waals surface area contributed by atoms with E-state index in [1.54, 1.807) is 0 Å². The van der Waals surface area contributed by atoms with Crippen molar-refractivity contribution in [2.24, 2.45) is 5.92 Å². The lowest BCUT2D eigenvalue weighted by Crippen LogP contribution is -2.44. The monoisotopic (exact) mass is 273 g/mol. The minimum Gasteiger partial charge on any atom is -0.393 e. The van der Waals surface area contributed by atoms with E-state index in [1.807, 2.05) is 0 Å². The molecule has 20 heavy (non-hydrogen) atoms. The maximum absolute atomic E-state index is 9.61. The third kappa shape index (κ3) is 3.62. The number of hydrogen-bond donors (Lipinski definition) is 1. The van der Waals surface area contributed by atoms with Gasteiger partial charge in [0.2, 0.25) is 0 Å². The molecule has 1 heterocycles. The Morgan fingerprint density at radius 3 is 2.20 bits per heavy atom. The first-order valence-corrected chi connectivity index (χ1v) is 8.27. The molecule has 1 aromatic carbocycles. The quantitative estimate of drug-likeness (QED) is 0.914. The largest absolute Gasteiger partial charge is 0.393 e. The van der Waals surface area contributed by atoms with Gasteiger partial charge in [0.15, 0.2) is 0 Å². The molecular weight excluding hydrogens is 246 g/mol. The summed E-state index contributed by atoms with van der Waals surface area (Å²) in [4.78, 5) is 2.69. The van der Waals surface area contributed by atoms with Gasteiger partial charge in [-0.05, 0) is 69.5 Å². The van der Waals surface area contributed by atoms with E-state index in [0.717, 1.165) is 24.8 Å². The highest BCUT2D eigenvalue weighted by Gasteiger charge is 2.28. The second-order valence-corrected chi connectivity index (χ2v) is 6.63. The van der Waals surface area contributed by atoms with Gasteiger partial charge in [-0.25, -0.2) is 0 Å². The number of aliphatic hydroxyl groups is 1. The van der Waals surface area contributed by atoms with Gasteiger partial charge in [0.05, 0.1) is 6.10 Å². The van der Waals surface area contributed by atoms with E-state index in [0.29, 0.717) is 0 Å². The van der Waals surface area contributed by atoms with Crippen LogP contribution in [0.5, 0.6) is 0 Å². The lowest BCUT2D eigenvalue weighted by molar-refractivity contribution is 0.0559. The van der Waals surface area contributed by atoms with Crippen molar-refractivity contribution < 1.29 is 5.11 Å². The number of nitrogens with zero attached hydrogens (tertiary/aromatic N) is 1. The topological polar surface area (TPSA) is 23.5 Å². The summed E-state index contributed by atoms with van der Waals surface area (Å²) in [5.41, 5.74) is 1.49. The molecule has 0 bridgehead atoms. The van der Waals surface area contributed by atoms with Crippen LogP contribution in [-0.2, 0) is 6.42 Å². The average Bonchev–Trinajstić information content (AvgIpc) is 2.50. The molecule has 0 spiro atoms. The highest BCUT2D eigenvalue weighted by molar-refractivity contribution is 5.15. The van der Waals surface area contributed by atoms with Gasteiger partial charge in [0, 0.05) is 6.04 Å². The van der Waals surface area contributed by atoms with Crippen molar-refractivity contribution in [1.29, 1.82) is 0 Å². The first kappa shape index (κ1) is 14.1. The third-order valence-electron chi connectivity index (χ3n) is 5.20. The summed E-state index contributed by atoms with van der Waals surface area (Å²) in [6.45, 7) is 2.52. The van der Waals surface area contributed by atoms with Gasteiger partial charge < -0.3 is 10.0 Å². The number of likely N-dealkylation sites (tertiary alicyclic amines) is 1. The van der Waals surface area contributed by atoms with Crippen LogP contribution < -0.4 is 0 Å². The molecule has 0 amide bonds. The molecule has 2 heteroatoms. The Balaban J connectivity index is 1.45. The van der Waals surface area contributed by atoms with Gasteiger partial charge in [-0.2, -0.15) is 0 Å². The van der Waals surface area contributed by atoms with Crippen molar-refractivity contribution in [2.75, 3.05) is 13.1 Å². The van der Waals surface area contributed by atoms with Crippen LogP contribution in [-0.4, -0.2) is 35.2 Å². The Morgan fingerprint density at radius 2 is 1.55 bits per heavy atom. The zero-order valence-corrected chi connectivity index (χ0v) is 12.4. The maximum atomic E-state index is 9.61. The lowest BCUT2D eigenvalue weighted by Gasteiger charge is -2.40. The lowest BCUT2D eigenvalue weighted by atomic mass is 9.86. The normalized spacial score (nSPS) is 29.4. The number of hydrogen-bond acceptors (Lipinski definition) is 2. The fraction of sp³-hybridized carbons (Fsp3) is 0.667. The SMILES string of the molecule is OC1CCC(N2CCC(Cc3ccccc3)CC2)CC1. The fourth-order valence-corrected chi connectivity index (χ4v) is 3.89. The van der Waals surface area contributed by atoms with Gasteiger partial charge in [0.1, 0.15) is 0 Å². The van der Waals surface area contributed by atoms with Crippen molar-refractivity contribution in [3.63, 3.8) is 0 Å². The average molecular weight is 273 g/mol. The summed E-state index contributed by atoms with van der Waals surface area (Å²) in [6, 6.07) is 11.7. The Bertz CT molecular complexity index is 389. The number of rotatable bonds is 3. The van der Waals surface area contributed by atoms with Crippen LogP contribution in [0.3, 0.4) is 0 Å². The van der Waals surface area contributed by atoms with Crippen LogP contribution in [0.2, 0.25) is 0 Å². The Hall–Kier alpha value is -0.860. The molecule has 0 atom stereocenters. The van der Waals surface area contributed by atoms with Crippen molar-refractivity contribution in [3.8, 4) is 0 Å². The van der Waals surface area contributed by atoms with Crippen LogP contribution in [0.1, 0.15) is 44.1 Å². The number of piperidine rings is 1. The van der Waals surface area contributed by atoms with Gasteiger partial charge >= 0.3 is 0 Å². The zero-order chi connectivity index (χ0) is 13.8.